The largest absolute Gasteiger partial charge is 0.397 e. The van der Waals surface area contributed by atoms with Gasteiger partial charge in [-0.1, -0.05) is 0 Å². The normalized spacial score (nSPS) is 13.1. The van der Waals surface area contributed by atoms with Gasteiger partial charge in [0.2, 0.25) is 0 Å². The molecule has 0 radical (unpaired) electrons. The summed E-state index contributed by atoms with van der Waals surface area (Å²) >= 11 is 3.34. The SMILES string of the molecule is CN=CC(Br)=C(N)c1cncc(C)c1. The van der Waals surface area contributed by atoms with E-state index in [0.29, 0.717) is 5.70 Å². The number of aliphatic imine (C=N–C) groups is 1. The molecule has 0 saturated heterocycles. The van der Waals surface area contributed by atoms with Crippen molar-refractivity contribution in [2.45, 2.75) is 6.92 Å². The van der Waals surface area contributed by atoms with Gasteiger partial charge in [-0.2, -0.15) is 0 Å². The highest BCUT2D eigenvalue weighted by Crippen LogP contribution is 2.16. The molecule has 74 valence electrons. The predicted molar refractivity (Wildman–Crippen MR) is 63.4 cm³/mol. The number of hydrogen-bond donors (Lipinski definition) is 1. The number of pyridine rings is 1. The van der Waals surface area contributed by atoms with Crippen LogP contribution in [-0.2, 0) is 0 Å². The van der Waals surface area contributed by atoms with Crippen LogP contribution in [0.4, 0.5) is 0 Å². The Hall–Kier alpha value is -1.16. The molecule has 2 N–H and O–H groups in total. The van der Waals surface area contributed by atoms with E-state index in [1.807, 2.05) is 13.0 Å². The average molecular weight is 254 g/mol. The van der Waals surface area contributed by atoms with E-state index >= 15 is 0 Å². The van der Waals surface area contributed by atoms with Crippen LogP contribution >= 0.6 is 15.9 Å². The van der Waals surface area contributed by atoms with Crippen LogP contribution in [0.2, 0.25) is 0 Å². The topological polar surface area (TPSA) is 51.3 Å². The first kappa shape index (κ1) is 10.9. The summed E-state index contributed by atoms with van der Waals surface area (Å²) < 4.78 is 0.771. The van der Waals surface area contributed by atoms with E-state index in [4.69, 9.17) is 5.73 Å². The summed E-state index contributed by atoms with van der Waals surface area (Å²) in [4.78, 5) is 7.94. The number of hydrogen-bond acceptors (Lipinski definition) is 3. The lowest BCUT2D eigenvalue weighted by Gasteiger charge is -2.03. The number of halogens is 1. The number of allylic oxidation sites excluding steroid dienone is 1. The highest BCUT2D eigenvalue weighted by atomic mass is 79.9. The van der Waals surface area contributed by atoms with Gasteiger partial charge in [-0.05, 0) is 34.5 Å². The lowest BCUT2D eigenvalue weighted by molar-refractivity contribution is 1.24. The Morgan fingerprint density at radius 1 is 1.57 bits per heavy atom. The van der Waals surface area contributed by atoms with E-state index in [9.17, 15) is 0 Å². The molecule has 0 aliphatic heterocycles. The number of rotatable bonds is 2. The maximum absolute atomic E-state index is 5.89. The molecule has 4 heteroatoms. The van der Waals surface area contributed by atoms with Gasteiger partial charge in [-0.15, -0.1) is 0 Å². The summed E-state index contributed by atoms with van der Waals surface area (Å²) in [7, 11) is 1.70. The molecule has 1 aromatic rings. The second-order valence-corrected chi connectivity index (χ2v) is 3.75. The van der Waals surface area contributed by atoms with Crippen molar-refractivity contribution in [3.05, 3.63) is 34.1 Å². The van der Waals surface area contributed by atoms with E-state index in [1.165, 1.54) is 0 Å². The van der Waals surface area contributed by atoms with Crippen molar-refractivity contribution in [3.63, 3.8) is 0 Å². The van der Waals surface area contributed by atoms with Crippen molar-refractivity contribution in [1.82, 2.24) is 4.98 Å². The minimum absolute atomic E-state index is 0.645. The zero-order valence-corrected chi connectivity index (χ0v) is 9.75. The summed E-state index contributed by atoms with van der Waals surface area (Å²) in [5, 5.41) is 0. The highest BCUT2D eigenvalue weighted by molar-refractivity contribution is 9.12. The average Bonchev–Trinajstić information content (AvgIpc) is 2.17. The Labute approximate surface area is 91.9 Å². The third-order valence-electron chi connectivity index (χ3n) is 1.69. The van der Waals surface area contributed by atoms with Crippen molar-refractivity contribution < 1.29 is 0 Å². The number of nitrogens with two attached hydrogens (primary N) is 1. The number of aryl methyl sites for hydroxylation is 1. The van der Waals surface area contributed by atoms with E-state index in [0.717, 1.165) is 15.6 Å². The second kappa shape index (κ2) is 4.91. The molecule has 0 unspecified atom stereocenters. The zero-order chi connectivity index (χ0) is 10.6. The third kappa shape index (κ3) is 2.67. The van der Waals surface area contributed by atoms with Crippen molar-refractivity contribution in [3.8, 4) is 0 Å². The molecular formula is C10H12BrN3. The van der Waals surface area contributed by atoms with Crippen molar-refractivity contribution in [1.29, 1.82) is 0 Å². The zero-order valence-electron chi connectivity index (χ0n) is 8.16. The maximum Gasteiger partial charge on any atom is 0.0589 e. The van der Waals surface area contributed by atoms with Crippen LogP contribution in [0.1, 0.15) is 11.1 Å². The minimum atomic E-state index is 0.645. The van der Waals surface area contributed by atoms with Crippen molar-refractivity contribution in [2.75, 3.05) is 7.05 Å². The molecule has 0 aliphatic rings. The van der Waals surface area contributed by atoms with Gasteiger partial charge >= 0.3 is 0 Å². The molecule has 0 fully saturated rings. The minimum Gasteiger partial charge on any atom is -0.397 e. The van der Waals surface area contributed by atoms with Gasteiger partial charge in [-0.25, -0.2) is 0 Å². The van der Waals surface area contributed by atoms with Gasteiger partial charge < -0.3 is 5.73 Å². The first-order valence-electron chi connectivity index (χ1n) is 4.14. The summed E-state index contributed by atoms with van der Waals surface area (Å²) in [6.07, 6.45) is 5.18. The van der Waals surface area contributed by atoms with Crippen molar-refractivity contribution >= 4 is 27.8 Å². The Morgan fingerprint density at radius 3 is 2.86 bits per heavy atom. The molecule has 0 saturated carbocycles. The molecular weight excluding hydrogens is 242 g/mol. The van der Waals surface area contributed by atoms with Crippen LogP contribution in [0.5, 0.6) is 0 Å². The lowest BCUT2D eigenvalue weighted by atomic mass is 10.1. The van der Waals surface area contributed by atoms with Crippen LogP contribution in [0, 0.1) is 6.92 Å². The molecule has 0 amide bonds. The molecule has 0 aromatic carbocycles. The lowest BCUT2D eigenvalue weighted by Crippen LogP contribution is -2.00. The smallest absolute Gasteiger partial charge is 0.0589 e. The Balaban J connectivity index is 3.11. The fourth-order valence-corrected chi connectivity index (χ4v) is 1.46. The summed E-state index contributed by atoms with van der Waals surface area (Å²) in [6.45, 7) is 1.98. The van der Waals surface area contributed by atoms with Gasteiger partial charge in [0, 0.05) is 31.2 Å². The molecule has 1 aromatic heterocycles. The Kier molecular flexibility index (Phi) is 3.83. The van der Waals surface area contributed by atoms with Gasteiger partial charge in [0.1, 0.15) is 0 Å². The summed E-state index contributed by atoms with van der Waals surface area (Å²) in [5.74, 6) is 0. The third-order valence-corrected chi connectivity index (χ3v) is 2.32. The Morgan fingerprint density at radius 2 is 2.29 bits per heavy atom. The van der Waals surface area contributed by atoms with Crippen LogP contribution in [0.3, 0.4) is 0 Å². The fourth-order valence-electron chi connectivity index (χ4n) is 1.02. The Bertz CT molecular complexity index is 383. The summed E-state index contributed by atoms with van der Waals surface area (Å²) in [5.41, 5.74) is 8.52. The second-order valence-electron chi connectivity index (χ2n) is 2.90. The molecule has 0 atom stereocenters. The van der Waals surface area contributed by atoms with E-state index in [-0.39, 0.29) is 0 Å². The van der Waals surface area contributed by atoms with Crippen molar-refractivity contribution in [2.24, 2.45) is 10.7 Å². The molecule has 0 aliphatic carbocycles. The molecule has 14 heavy (non-hydrogen) atoms. The van der Waals surface area contributed by atoms with Gasteiger partial charge in [0.05, 0.1) is 10.2 Å². The molecule has 0 spiro atoms. The standard InChI is InChI=1S/C10H12BrN3/c1-7-3-8(5-14-4-7)10(12)9(11)6-13-2/h3-6H,12H2,1-2H3. The maximum atomic E-state index is 5.89. The van der Waals surface area contributed by atoms with Crippen LogP contribution in [0.25, 0.3) is 5.70 Å². The monoisotopic (exact) mass is 253 g/mol. The van der Waals surface area contributed by atoms with E-state index in [2.05, 4.69) is 25.9 Å². The van der Waals surface area contributed by atoms with Gasteiger partial charge in [0.25, 0.3) is 0 Å². The molecule has 0 bridgehead atoms. The van der Waals surface area contributed by atoms with Gasteiger partial charge in [-0.3, -0.25) is 9.98 Å². The first-order valence-corrected chi connectivity index (χ1v) is 4.94. The van der Waals surface area contributed by atoms with Crippen LogP contribution < -0.4 is 5.73 Å². The number of nitrogens with zero attached hydrogens (tertiary/aromatic N) is 2. The quantitative estimate of drug-likeness (QED) is 0.822. The van der Waals surface area contributed by atoms with Crippen LogP contribution in [0.15, 0.2) is 27.9 Å². The van der Waals surface area contributed by atoms with E-state index < -0.39 is 0 Å². The fraction of sp³-hybridized carbons (Fsp3) is 0.200. The number of aromatic nitrogens is 1. The summed E-state index contributed by atoms with van der Waals surface area (Å²) in [6, 6.07) is 1.98. The molecule has 3 nitrogen and oxygen atoms in total. The van der Waals surface area contributed by atoms with Gasteiger partial charge in [0.15, 0.2) is 0 Å². The van der Waals surface area contributed by atoms with E-state index in [1.54, 1.807) is 25.7 Å². The van der Waals surface area contributed by atoms with Crippen LogP contribution in [-0.4, -0.2) is 18.2 Å². The predicted octanol–water partition coefficient (Wildman–Crippen LogP) is 2.11. The molecule has 1 heterocycles. The molecule has 1 rings (SSSR count). The first-order chi connectivity index (χ1) is 6.65. The highest BCUT2D eigenvalue weighted by Gasteiger charge is 2.01.